The number of hydrogen-bond donors (Lipinski definition) is 2. The highest BCUT2D eigenvalue weighted by atomic mass is 19.1. The predicted molar refractivity (Wildman–Crippen MR) is 78.0 cm³/mol. The maximum atomic E-state index is 13.9. The first kappa shape index (κ1) is 15.0. The van der Waals surface area contributed by atoms with Crippen molar-refractivity contribution < 1.29 is 8.78 Å². The van der Waals surface area contributed by atoms with Crippen LogP contribution in [0.25, 0.3) is 0 Å². The number of hydrogen-bond acceptors (Lipinski definition) is 3. The molecule has 0 bridgehead atoms. The van der Waals surface area contributed by atoms with E-state index in [0.29, 0.717) is 6.54 Å². The van der Waals surface area contributed by atoms with Crippen molar-refractivity contribution in [3.63, 3.8) is 0 Å². The fourth-order valence-electron chi connectivity index (χ4n) is 2.69. The molecule has 0 aromatic carbocycles. The number of anilines is 2. The van der Waals surface area contributed by atoms with E-state index in [0.717, 1.165) is 31.7 Å². The molecule has 2 N–H and O–H groups in total. The third-order valence-corrected chi connectivity index (χ3v) is 4.04. The highest BCUT2D eigenvalue weighted by Gasteiger charge is 2.35. The number of pyridine rings is 1. The van der Waals surface area contributed by atoms with Gasteiger partial charge >= 0.3 is 0 Å². The van der Waals surface area contributed by atoms with Crippen LogP contribution in [0.15, 0.2) is 6.07 Å². The summed E-state index contributed by atoms with van der Waals surface area (Å²) in [5.41, 5.74) is 0.111. The number of nitrogens with one attached hydrogen (secondary N) is 2. The first-order valence-electron chi connectivity index (χ1n) is 7.30. The lowest BCUT2D eigenvalue weighted by molar-refractivity contribution is 0.348. The largest absolute Gasteiger partial charge is 0.368 e. The smallest absolute Gasteiger partial charge is 0.168 e. The van der Waals surface area contributed by atoms with Crippen LogP contribution >= 0.6 is 0 Å². The Bertz CT molecular complexity index is 474. The Morgan fingerprint density at radius 1 is 1.30 bits per heavy atom. The normalized spacial score (nSPS) is 20.9. The zero-order chi connectivity index (χ0) is 14.8. The van der Waals surface area contributed by atoms with E-state index in [1.807, 2.05) is 6.92 Å². The number of nitrogens with zero attached hydrogens (tertiary/aromatic N) is 1. The van der Waals surface area contributed by atoms with Gasteiger partial charge in [-0.1, -0.05) is 27.2 Å². The monoisotopic (exact) mass is 283 g/mol. The van der Waals surface area contributed by atoms with E-state index < -0.39 is 11.6 Å². The molecule has 1 aliphatic carbocycles. The van der Waals surface area contributed by atoms with Gasteiger partial charge < -0.3 is 10.6 Å². The molecule has 1 fully saturated rings. The Kier molecular flexibility index (Phi) is 4.45. The molecular weight excluding hydrogens is 260 g/mol. The van der Waals surface area contributed by atoms with E-state index in [1.54, 1.807) is 0 Å². The van der Waals surface area contributed by atoms with Gasteiger partial charge in [-0.05, 0) is 24.7 Å². The molecule has 112 valence electrons. The summed E-state index contributed by atoms with van der Waals surface area (Å²) in [5.74, 6) is -1.02. The second-order valence-electron chi connectivity index (χ2n) is 6.15. The number of halogens is 2. The van der Waals surface area contributed by atoms with E-state index in [1.165, 1.54) is 0 Å². The van der Waals surface area contributed by atoms with Gasteiger partial charge in [0.05, 0.1) is 0 Å². The average molecular weight is 283 g/mol. The van der Waals surface area contributed by atoms with Gasteiger partial charge in [0, 0.05) is 18.7 Å². The van der Waals surface area contributed by atoms with Gasteiger partial charge in [0.15, 0.2) is 23.3 Å². The second kappa shape index (κ2) is 5.94. The molecule has 1 aromatic rings. The lowest BCUT2D eigenvalue weighted by atomic mass is 9.87. The summed E-state index contributed by atoms with van der Waals surface area (Å²) in [6.07, 6.45) is 4.07. The van der Waals surface area contributed by atoms with E-state index in [2.05, 4.69) is 29.5 Å². The zero-order valence-electron chi connectivity index (χ0n) is 12.4. The van der Waals surface area contributed by atoms with Crippen molar-refractivity contribution in [3.05, 3.63) is 17.7 Å². The van der Waals surface area contributed by atoms with E-state index in [9.17, 15) is 8.78 Å². The molecule has 1 aromatic heterocycles. The molecule has 0 saturated heterocycles. The summed E-state index contributed by atoms with van der Waals surface area (Å²) in [6, 6.07) is 1.07. The van der Waals surface area contributed by atoms with Gasteiger partial charge in [0.1, 0.15) is 0 Å². The van der Waals surface area contributed by atoms with Gasteiger partial charge in [-0.3, -0.25) is 0 Å². The molecule has 0 radical (unpaired) electrons. The van der Waals surface area contributed by atoms with Crippen LogP contribution in [0.2, 0.25) is 0 Å². The zero-order valence-corrected chi connectivity index (χ0v) is 12.4. The number of rotatable bonds is 5. The van der Waals surface area contributed by atoms with Crippen molar-refractivity contribution in [1.82, 2.24) is 4.98 Å². The maximum absolute atomic E-state index is 13.9. The molecule has 1 unspecified atom stereocenters. The summed E-state index contributed by atoms with van der Waals surface area (Å²) in [6.45, 7) is 6.92. The molecule has 1 saturated carbocycles. The van der Waals surface area contributed by atoms with Crippen LogP contribution in [0, 0.1) is 17.0 Å². The first-order chi connectivity index (χ1) is 9.44. The van der Waals surface area contributed by atoms with E-state index in [-0.39, 0.29) is 23.1 Å². The fourth-order valence-corrected chi connectivity index (χ4v) is 2.69. The van der Waals surface area contributed by atoms with Gasteiger partial charge in [-0.15, -0.1) is 0 Å². The van der Waals surface area contributed by atoms with Crippen molar-refractivity contribution in [2.75, 3.05) is 17.2 Å². The molecular formula is C15H23F2N3. The summed E-state index contributed by atoms with van der Waals surface area (Å²) in [7, 11) is 0. The predicted octanol–water partition coefficient (Wildman–Crippen LogP) is 4.17. The van der Waals surface area contributed by atoms with Crippen LogP contribution in [0.3, 0.4) is 0 Å². The van der Waals surface area contributed by atoms with Gasteiger partial charge in [0.25, 0.3) is 0 Å². The van der Waals surface area contributed by atoms with Crippen LogP contribution in [0.1, 0.15) is 46.5 Å². The SMILES string of the molecule is CCCNc1nc(NC2CCCC2(C)C)c(F)cc1F. The molecule has 5 heteroatoms. The second-order valence-corrected chi connectivity index (χ2v) is 6.15. The van der Waals surface area contributed by atoms with Gasteiger partial charge in [0.2, 0.25) is 0 Å². The molecule has 2 rings (SSSR count). The lowest BCUT2D eigenvalue weighted by Crippen LogP contribution is -2.31. The summed E-state index contributed by atoms with van der Waals surface area (Å²) in [4.78, 5) is 4.07. The Morgan fingerprint density at radius 2 is 2.00 bits per heavy atom. The van der Waals surface area contributed by atoms with Crippen LogP contribution in [-0.4, -0.2) is 17.6 Å². The van der Waals surface area contributed by atoms with Crippen molar-refractivity contribution >= 4 is 11.6 Å². The molecule has 1 atom stereocenters. The van der Waals surface area contributed by atoms with Gasteiger partial charge in [-0.25, -0.2) is 13.8 Å². The fraction of sp³-hybridized carbons (Fsp3) is 0.667. The quantitative estimate of drug-likeness (QED) is 0.851. The molecule has 0 aliphatic heterocycles. The lowest BCUT2D eigenvalue weighted by Gasteiger charge is -2.28. The Labute approximate surface area is 119 Å². The van der Waals surface area contributed by atoms with Gasteiger partial charge in [-0.2, -0.15) is 0 Å². The minimum absolute atomic E-state index is 0.111. The Morgan fingerprint density at radius 3 is 2.60 bits per heavy atom. The van der Waals surface area contributed by atoms with E-state index >= 15 is 0 Å². The highest BCUT2D eigenvalue weighted by Crippen LogP contribution is 2.39. The molecule has 0 amide bonds. The molecule has 1 heterocycles. The molecule has 20 heavy (non-hydrogen) atoms. The van der Waals surface area contributed by atoms with Crippen LogP contribution in [0.5, 0.6) is 0 Å². The summed E-state index contributed by atoms with van der Waals surface area (Å²) >= 11 is 0. The minimum Gasteiger partial charge on any atom is -0.368 e. The first-order valence-corrected chi connectivity index (χ1v) is 7.30. The Balaban J connectivity index is 2.18. The van der Waals surface area contributed by atoms with Crippen molar-refractivity contribution in [2.24, 2.45) is 5.41 Å². The number of aromatic nitrogens is 1. The average Bonchev–Trinajstić information content (AvgIpc) is 2.70. The standard InChI is InChI=1S/C15H23F2N3/c1-4-8-18-13-10(16)9-11(17)14(20-13)19-12-6-5-7-15(12,2)3/h9,12H,4-8H2,1-3H3,(H2,18,19,20). The summed E-state index contributed by atoms with van der Waals surface area (Å²) < 4.78 is 27.5. The van der Waals surface area contributed by atoms with Crippen molar-refractivity contribution in [2.45, 2.75) is 52.5 Å². The topological polar surface area (TPSA) is 37.0 Å². The van der Waals surface area contributed by atoms with Crippen LogP contribution < -0.4 is 10.6 Å². The van der Waals surface area contributed by atoms with E-state index in [4.69, 9.17) is 0 Å². The minimum atomic E-state index is -0.646. The van der Waals surface area contributed by atoms with Crippen molar-refractivity contribution in [3.8, 4) is 0 Å². The van der Waals surface area contributed by atoms with Crippen LogP contribution in [0.4, 0.5) is 20.4 Å². The third kappa shape index (κ3) is 3.19. The third-order valence-electron chi connectivity index (χ3n) is 4.04. The molecule has 1 aliphatic rings. The molecule has 3 nitrogen and oxygen atoms in total. The molecule has 0 spiro atoms. The Hall–Kier alpha value is -1.39. The van der Waals surface area contributed by atoms with Crippen molar-refractivity contribution in [1.29, 1.82) is 0 Å². The maximum Gasteiger partial charge on any atom is 0.168 e. The summed E-state index contributed by atoms with van der Waals surface area (Å²) in [5, 5.41) is 6.03. The van der Waals surface area contributed by atoms with Crippen LogP contribution in [-0.2, 0) is 0 Å². The highest BCUT2D eigenvalue weighted by molar-refractivity contribution is 5.48.